The first-order valence-electron chi connectivity index (χ1n) is 7.69. The zero-order chi connectivity index (χ0) is 13.8. The van der Waals surface area contributed by atoms with Crippen LogP contribution in [0.25, 0.3) is 0 Å². The van der Waals surface area contributed by atoms with Gasteiger partial charge in [0.2, 0.25) is 11.8 Å². The molecule has 0 aromatic carbocycles. The zero-order valence-corrected chi connectivity index (χ0v) is 12.2. The lowest BCUT2D eigenvalue weighted by atomic mass is 9.94. The number of hydrogen-bond acceptors (Lipinski definition) is 3. The normalized spacial score (nSPS) is 25.6. The lowest BCUT2D eigenvalue weighted by Gasteiger charge is -2.29. The number of nitrogens with zero attached hydrogens (tertiary/aromatic N) is 1. The second kappa shape index (κ2) is 6.51. The highest BCUT2D eigenvalue weighted by molar-refractivity contribution is 6.05. The predicted octanol–water partition coefficient (Wildman–Crippen LogP) is 2.08. The van der Waals surface area contributed by atoms with Crippen molar-refractivity contribution in [3.05, 3.63) is 0 Å². The third-order valence-corrected chi connectivity index (χ3v) is 4.24. The van der Waals surface area contributed by atoms with Crippen molar-refractivity contribution < 1.29 is 9.59 Å². The van der Waals surface area contributed by atoms with Crippen LogP contribution in [0, 0.1) is 5.92 Å². The molecule has 0 aromatic heterocycles. The standard InChI is InChI=1S/C15H26N2O2/c1-11(2)8-9-16-13-10-14(18)17(15(13)19)12-6-4-3-5-7-12/h11-13,16H,3-10H2,1-2H3. The van der Waals surface area contributed by atoms with E-state index in [4.69, 9.17) is 0 Å². The number of carbonyl (C=O) groups excluding carboxylic acids is 2. The van der Waals surface area contributed by atoms with Crippen LogP contribution in [0.15, 0.2) is 0 Å². The van der Waals surface area contributed by atoms with Crippen molar-refractivity contribution in [1.29, 1.82) is 0 Å². The lowest BCUT2D eigenvalue weighted by Crippen LogP contribution is -2.45. The first-order chi connectivity index (χ1) is 9.09. The van der Waals surface area contributed by atoms with E-state index in [9.17, 15) is 9.59 Å². The molecule has 19 heavy (non-hydrogen) atoms. The van der Waals surface area contributed by atoms with E-state index < -0.39 is 0 Å². The monoisotopic (exact) mass is 266 g/mol. The number of likely N-dealkylation sites (tertiary alicyclic amines) is 1. The summed E-state index contributed by atoms with van der Waals surface area (Å²) >= 11 is 0. The second-order valence-electron chi connectivity index (χ2n) is 6.29. The number of imide groups is 1. The predicted molar refractivity (Wildman–Crippen MR) is 74.6 cm³/mol. The number of nitrogens with one attached hydrogen (secondary N) is 1. The average molecular weight is 266 g/mol. The molecule has 108 valence electrons. The van der Waals surface area contributed by atoms with Gasteiger partial charge in [-0.3, -0.25) is 14.5 Å². The molecule has 0 spiro atoms. The van der Waals surface area contributed by atoms with Crippen LogP contribution in [0.4, 0.5) is 0 Å². The first kappa shape index (κ1) is 14.5. The number of carbonyl (C=O) groups is 2. The van der Waals surface area contributed by atoms with Crippen molar-refractivity contribution in [3.8, 4) is 0 Å². The molecule has 0 aromatic rings. The summed E-state index contributed by atoms with van der Waals surface area (Å²) in [5.74, 6) is 0.661. The highest BCUT2D eigenvalue weighted by Crippen LogP contribution is 2.27. The van der Waals surface area contributed by atoms with Crippen molar-refractivity contribution in [3.63, 3.8) is 0 Å². The van der Waals surface area contributed by atoms with Crippen molar-refractivity contribution in [1.82, 2.24) is 10.2 Å². The molecule has 2 fully saturated rings. The van der Waals surface area contributed by atoms with Crippen LogP contribution in [-0.2, 0) is 9.59 Å². The second-order valence-corrected chi connectivity index (χ2v) is 6.29. The maximum Gasteiger partial charge on any atom is 0.247 e. The fraction of sp³-hybridized carbons (Fsp3) is 0.867. The summed E-state index contributed by atoms with van der Waals surface area (Å²) < 4.78 is 0. The summed E-state index contributed by atoms with van der Waals surface area (Å²) in [4.78, 5) is 26.0. The van der Waals surface area contributed by atoms with Gasteiger partial charge >= 0.3 is 0 Å². The van der Waals surface area contributed by atoms with Gasteiger partial charge in [0.15, 0.2) is 0 Å². The van der Waals surface area contributed by atoms with Crippen LogP contribution in [0.1, 0.15) is 58.8 Å². The molecule has 1 saturated heterocycles. The Morgan fingerprint density at radius 3 is 2.53 bits per heavy atom. The minimum atomic E-state index is -0.270. The van der Waals surface area contributed by atoms with E-state index in [0.717, 1.165) is 38.6 Å². The molecule has 2 amide bonds. The Labute approximate surface area is 115 Å². The van der Waals surface area contributed by atoms with Crippen LogP contribution in [0.5, 0.6) is 0 Å². The Morgan fingerprint density at radius 1 is 1.21 bits per heavy atom. The van der Waals surface area contributed by atoms with E-state index in [-0.39, 0.29) is 23.9 Å². The molecule has 1 saturated carbocycles. The van der Waals surface area contributed by atoms with Gasteiger partial charge in [-0.15, -0.1) is 0 Å². The minimum Gasteiger partial charge on any atom is -0.305 e. The Hall–Kier alpha value is -0.900. The molecule has 0 radical (unpaired) electrons. The Morgan fingerprint density at radius 2 is 1.89 bits per heavy atom. The molecular formula is C15H26N2O2. The van der Waals surface area contributed by atoms with Gasteiger partial charge in [0.1, 0.15) is 0 Å². The quantitative estimate of drug-likeness (QED) is 0.775. The van der Waals surface area contributed by atoms with E-state index in [1.54, 1.807) is 4.90 Å². The topological polar surface area (TPSA) is 49.4 Å². The van der Waals surface area contributed by atoms with Gasteiger partial charge in [-0.05, 0) is 31.7 Å². The molecule has 4 heteroatoms. The molecule has 2 aliphatic rings. The molecule has 1 heterocycles. The molecule has 1 N–H and O–H groups in total. The van der Waals surface area contributed by atoms with E-state index >= 15 is 0 Å². The summed E-state index contributed by atoms with van der Waals surface area (Å²) in [6.07, 6.45) is 6.92. The highest BCUT2D eigenvalue weighted by Gasteiger charge is 2.42. The largest absolute Gasteiger partial charge is 0.305 e. The smallest absolute Gasteiger partial charge is 0.247 e. The molecular weight excluding hydrogens is 240 g/mol. The van der Waals surface area contributed by atoms with Crippen LogP contribution < -0.4 is 5.32 Å². The number of rotatable bonds is 5. The van der Waals surface area contributed by atoms with Crippen LogP contribution in [0.2, 0.25) is 0 Å². The molecule has 0 bridgehead atoms. The summed E-state index contributed by atoms with van der Waals surface area (Å²) in [6, 6.07) is -0.0983. The maximum absolute atomic E-state index is 12.3. The molecule has 1 aliphatic carbocycles. The van der Waals surface area contributed by atoms with Gasteiger partial charge in [0.05, 0.1) is 12.5 Å². The lowest BCUT2D eigenvalue weighted by molar-refractivity contribution is -0.142. The molecule has 1 atom stereocenters. The van der Waals surface area contributed by atoms with E-state index in [0.29, 0.717) is 12.3 Å². The molecule has 1 aliphatic heterocycles. The Kier molecular flexibility index (Phi) is 4.97. The molecule has 2 rings (SSSR count). The SMILES string of the molecule is CC(C)CCNC1CC(=O)N(C2CCCCC2)C1=O. The van der Waals surface area contributed by atoms with E-state index in [1.165, 1.54) is 6.42 Å². The van der Waals surface area contributed by atoms with Crippen molar-refractivity contribution in [2.24, 2.45) is 5.92 Å². The van der Waals surface area contributed by atoms with Crippen molar-refractivity contribution >= 4 is 11.8 Å². The highest BCUT2D eigenvalue weighted by atomic mass is 16.2. The molecule has 4 nitrogen and oxygen atoms in total. The summed E-state index contributed by atoms with van der Waals surface area (Å²) in [6.45, 7) is 5.15. The van der Waals surface area contributed by atoms with Crippen LogP contribution in [-0.4, -0.2) is 35.3 Å². The van der Waals surface area contributed by atoms with Crippen LogP contribution >= 0.6 is 0 Å². The zero-order valence-electron chi connectivity index (χ0n) is 12.2. The first-order valence-corrected chi connectivity index (χ1v) is 7.69. The average Bonchev–Trinajstić information content (AvgIpc) is 2.65. The fourth-order valence-corrected chi connectivity index (χ4v) is 3.08. The van der Waals surface area contributed by atoms with Gasteiger partial charge in [-0.1, -0.05) is 33.1 Å². The van der Waals surface area contributed by atoms with Gasteiger partial charge in [-0.25, -0.2) is 0 Å². The van der Waals surface area contributed by atoms with Gasteiger partial charge in [0, 0.05) is 6.04 Å². The summed E-state index contributed by atoms with van der Waals surface area (Å²) in [5, 5.41) is 3.25. The van der Waals surface area contributed by atoms with Crippen molar-refractivity contribution in [2.45, 2.75) is 70.9 Å². The van der Waals surface area contributed by atoms with E-state index in [1.807, 2.05) is 0 Å². The Balaban J connectivity index is 1.88. The maximum atomic E-state index is 12.3. The number of amides is 2. The van der Waals surface area contributed by atoms with Gasteiger partial charge < -0.3 is 5.32 Å². The fourth-order valence-electron chi connectivity index (χ4n) is 3.08. The van der Waals surface area contributed by atoms with Gasteiger partial charge in [-0.2, -0.15) is 0 Å². The van der Waals surface area contributed by atoms with Gasteiger partial charge in [0.25, 0.3) is 0 Å². The van der Waals surface area contributed by atoms with Crippen molar-refractivity contribution in [2.75, 3.05) is 6.54 Å². The third kappa shape index (κ3) is 3.56. The van der Waals surface area contributed by atoms with E-state index in [2.05, 4.69) is 19.2 Å². The summed E-state index contributed by atoms with van der Waals surface area (Å²) in [5.41, 5.74) is 0. The summed E-state index contributed by atoms with van der Waals surface area (Å²) in [7, 11) is 0. The van der Waals surface area contributed by atoms with Crippen LogP contribution in [0.3, 0.4) is 0 Å². The molecule has 1 unspecified atom stereocenters. The minimum absolute atomic E-state index is 0.0145. The number of hydrogen-bond donors (Lipinski definition) is 1. The third-order valence-electron chi connectivity index (χ3n) is 4.24. The Bertz CT molecular complexity index is 335.